The Balaban J connectivity index is 0.00000208. The molecule has 24 heavy (non-hydrogen) atoms. The van der Waals surface area contributed by atoms with E-state index in [4.69, 9.17) is 0 Å². The molecule has 3 nitrogen and oxygen atoms in total. The summed E-state index contributed by atoms with van der Waals surface area (Å²) in [5.41, 5.74) is 1.43. The molecular formula is C20H31ClN2O. The third-order valence-electron chi connectivity index (χ3n) is 5.56. The van der Waals surface area contributed by atoms with E-state index in [1.165, 1.54) is 18.4 Å². The molecule has 0 atom stereocenters. The first kappa shape index (κ1) is 19.3. The molecule has 3 rings (SSSR count). The zero-order valence-corrected chi connectivity index (χ0v) is 15.4. The molecule has 1 aromatic carbocycles. The fourth-order valence-corrected chi connectivity index (χ4v) is 3.99. The van der Waals surface area contributed by atoms with Crippen LogP contribution in [0.4, 0.5) is 0 Å². The number of nitrogens with one attached hydrogen (secondary N) is 1. The highest BCUT2D eigenvalue weighted by atomic mass is 35.5. The van der Waals surface area contributed by atoms with Gasteiger partial charge in [-0.15, -0.1) is 12.4 Å². The molecule has 2 aliphatic rings. The number of amides is 1. The molecule has 2 saturated heterocycles. The Kier molecular flexibility index (Phi) is 8.07. The van der Waals surface area contributed by atoms with Gasteiger partial charge in [-0.3, -0.25) is 4.79 Å². The number of nitrogens with zero attached hydrogens (tertiary/aromatic N) is 1. The second kappa shape index (κ2) is 10.0. The Hall–Kier alpha value is -1.06. The number of piperidine rings is 2. The summed E-state index contributed by atoms with van der Waals surface area (Å²) in [5, 5.41) is 3.40. The molecule has 1 N–H and O–H groups in total. The molecular weight excluding hydrogens is 320 g/mol. The number of halogens is 1. The lowest BCUT2D eigenvalue weighted by Crippen LogP contribution is -2.39. The van der Waals surface area contributed by atoms with Crippen molar-refractivity contribution in [3.63, 3.8) is 0 Å². The topological polar surface area (TPSA) is 32.3 Å². The van der Waals surface area contributed by atoms with Crippen LogP contribution in [-0.2, 0) is 11.2 Å². The predicted molar refractivity (Wildman–Crippen MR) is 102 cm³/mol. The highest BCUT2D eigenvalue weighted by molar-refractivity contribution is 5.85. The molecule has 0 aromatic heterocycles. The number of hydrogen-bond acceptors (Lipinski definition) is 2. The minimum absolute atomic E-state index is 0. The molecule has 0 unspecified atom stereocenters. The number of carbonyl (C=O) groups is 1. The van der Waals surface area contributed by atoms with Gasteiger partial charge in [0.1, 0.15) is 0 Å². The summed E-state index contributed by atoms with van der Waals surface area (Å²) in [5.74, 6) is 1.89. The Bertz CT molecular complexity index is 480. The zero-order valence-electron chi connectivity index (χ0n) is 14.6. The molecule has 0 saturated carbocycles. The maximum atomic E-state index is 12.4. The van der Waals surface area contributed by atoms with E-state index < -0.39 is 0 Å². The minimum atomic E-state index is 0. The van der Waals surface area contributed by atoms with E-state index in [1.54, 1.807) is 0 Å². The first-order chi connectivity index (χ1) is 11.3. The summed E-state index contributed by atoms with van der Waals surface area (Å²) in [6.45, 7) is 4.18. The molecule has 1 aromatic rings. The van der Waals surface area contributed by atoms with Gasteiger partial charge in [-0.25, -0.2) is 0 Å². The maximum Gasteiger partial charge on any atom is 0.222 e. The van der Waals surface area contributed by atoms with Crippen molar-refractivity contribution in [3.8, 4) is 0 Å². The van der Waals surface area contributed by atoms with Crippen LogP contribution in [0.3, 0.4) is 0 Å². The molecule has 2 heterocycles. The van der Waals surface area contributed by atoms with Gasteiger partial charge in [-0.1, -0.05) is 30.3 Å². The lowest BCUT2D eigenvalue weighted by Gasteiger charge is -2.32. The third kappa shape index (κ3) is 5.78. The van der Waals surface area contributed by atoms with E-state index in [9.17, 15) is 4.79 Å². The second-order valence-corrected chi connectivity index (χ2v) is 7.25. The lowest BCUT2D eigenvalue weighted by atomic mass is 9.89. The normalized spacial score (nSPS) is 19.8. The summed E-state index contributed by atoms with van der Waals surface area (Å²) in [6, 6.07) is 10.8. The average Bonchev–Trinajstić information content (AvgIpc) is 2.62. The summed E-state index contributed by atoms with van der Waals surface area (Å²) in [7, 11) is 0. The fourth-order valence-electron chi connectivity index (χ4n) is 3.99. The number of rotatable bonds is 5. The molecule has 134 valence electrons. The van der Waals surface area contributed by atoms with Crippen LogP contribution in [-0.4, -0.2) is 37.0 Å². The Labute approximate surface area is 152 Å². The van der Waals surface area contributed by atoms with E-state index >= 15 is 0 Å². The van der Waals surface area contributed by atoms with Crippen LogP contribution in [0, 0.1) is 11.8 Å². The van der Waals surface area contributed by atoms with Crippen molar-refractivity contribution in [2.24, 2.45) is 11.8 Å². The highest BCUT2D eigenvalue weighted by Crippen LogP contribution is 2.23. The molecule has 0 bridgehead atoms. The highest BCUT2D eigenvalue weighted by Gasteiger charge is 2.23. The van der Waals surface area contributed by atoms with Crippen LogP contribution in [0.1, 0.15) is 44.1 Å². The molecule has 0 radical (unpaired) electrons. The second-order valence-electron chi connectivity index (χ2n) is 7.25. The monoisotopic (exact) mass is 350 g/mol. The van der Waals surface area contributed by atoms with Crippen LogP contribution in [0.25, 0.3) is 0 Å². The van der Waals surface area contributed by atoms with Gasteiger partial charge >= 0.3 is 0 Å². The van der Waals surface area contributed by atoms with Crippen molar-refractivity contribution in [2.45, 2.75) is 44.9 Å². The van der Waals surface area contributed by atoms with Gasteiger partial charge in [0, 0.05) is 19.5 Å². The summed E-state index contributed by atoms with van der Waals surface area (Å²) in [4.78, 5) is 14.5. The zero-order chi connectivity index (χ0) is 15.9. The Morgan fingerprint density at radius 2 is 1.67 bits per heavy atom. The smallest absolute Gasteiger partial charge is 0.222 e. The average molecular weight is 351 g/mol. The Morgan fingerprint density at radius 3 is 2.33 bits per heavy atom. The van der Waals surface area contributed by atoms with E-state index in [-0.39, 0.29) is 12.4 Å². The van der Waals surface area contributed by atoms with Crippen molar-refractivity contribution in [1.29, 1.82) is 0 Å². The summed E-state index contributed by atoms with van der Waals surface area (Å²) < 4.78 is 0. The molecule has 0 spiro atoms. The SMILES string of the molecule is Cl.O=C(CCC1CCNCC1)N1CCC(Cc2ccccc2)CC1. The largest absolute Gasteiger partial charge is 0.343 e. The van der Waals surface area contributed by atoms with Gasteiger partial charge in [-0.2, -0.15) is 0 Å². The van der Waals surface area contributed by atoms with Crippen molar-refractivity contribution in [2.75, 3.05) is 26.2 Å². The van der Waals surface area contributed by atoms with E-state index in [0.29, 0.717) is 5.91 Å². The van der Waals surface area contributed by atoms with Gasteiger partial charge in [0.15, 0.2) is 0 Å². The lowest BCUT2D eigenvalue weighted by molar-refractivity contribution is -0.132. The third-order valence-corrected chi connectivity index (χ3v) is 5.56. The quantitative estimate of drug-likeness (QED) is 0.878. The van der Waals surface area contributed by atoms with Crippen molar-refractivity contribution in [3.05, 3.63) is 35.9 Å². The number of hydrogen-bond donors (Lipinski definition) is 1. The summed E-state index contributed by atoms with van der Waals surface area (Å²) in [6.07, 6.45) is 7.82. The van der Waals surface area contributed by atoms with Crippen molar-refractivity contribution >= 4 is 18.3 Å². The number of benzene rings is 1. The van der Waals surface area contributed by atoms with E-state index in [0.717, 1.165) is 70.1 Å². The van der Waals surface area contributed by atoms with Crippen LogP contribution in [0.2, 0.25) is 0 Å². The molecule has 2 fully saturated rings. The van der Waals surface area contributed by atoms with Crippen LogP contribution >= 0.6 is 12.4 Å². The minimum Gasteiger partial charge on any atom is -0.343 e. The van der Waals surface area contributed by atoms with Gasteiger partial charge in [0.25, 0.3) is 0 Å². The summed E-state index contributed by atoms with van der Waals surface area (Å²) >= 11 is 0. The van der Waals surface area contributed by atoms with Crippen molar-refractivity contribution in [1.82, 2.24) is 10.2 Å². The molecule has 0 aliphatic carbocycles. The molecule has 1 amide bonds. The first-order valence-corrected chi connectivity index (χ1v) is 9.33. The van der Waals surface area contributed by atoms with Gasteiger partial charge < -0.3 is 10.2 Å². The molecule has 4 heteroatoms. The Morgan fingerprint density at radius 1 is 1.00 bits per heavy atom. The first-order valence-electron chi connectivity index (χ1n) is 9.33. The van der Waals surface area contributed by atoms with Crippen LogP contribution in [0.15, 0.2) is 30.3 Å². The molecule has 2 aliphatic heterocycles. The predicted octanol–water partition coefficient (Wildman–Crippen LogP) is 3.67. The van der Waals surface area contributed by atoms with Crippen LogP contribution in [0.5, 0.6) is 0 Å². The maximum absolute atomic E-state index is 12.4. The number of likely N-dealkylation sites (tertiary alicyclic amines) is 1. The van der Waals surface area contributed by atoms with Gasteiger partial charge in [-0.05, 0) is 69.0 Å². The van der Waals surface area contributed by atoms with E-state index in [1.807, 2.05) is 0 Å². The standard InChI is InChI=1S/C20H30N2O.ClH/c23-20(7-6-17-8-12-21-13-9-17)22-14-10-19(11-15-22)16-18-4-2-1-3-5-18;/h1-5,17,19,21H,6-16H2;1H. The van der Waals surface area contributed by atoms with Crippen LogP contribution < -0.4 is 5.32 Å². The fraction of sp³-hybridized carbons (Fsp3) is 0.650. The van der Waals surface area contributed by atoms with Gasteiger partial charge in [0.05, 0.1) is 0 Å². The van der Waals surface area contributed by atoms with E-state index in [2.05, 4.69) is 40.5 Å². The number of carbonyl (C=O) groups excluding carboxylic acids is 1. The van der Waals surface area contributed by atoms with Crippen molar-refractivity contribution < 1.29 is 4.79 Å². The van der Waals surface area contributed by atoms with Gasteiger partial charge in [0.2, 0.25) is 5.91 Å².